The topological polar surface area (TPSA) is 23.5 Å². The van der Waals surface area contributed by atoms with E-state index in [0.29, 0.717) is 5.75 Å². The van der Waals surface area contributed by atoms with Crippen molar-refractivity contribution in [2.75, 3.05) is 13.1 Å². The fourth-order valence-electron chi connectivity index (χ4n) is 1.65. The molecular formula is C13H20BrNO. The number of rotatable bonds is 6. The first-order valence-corrected chi connectivity index (χ1v) is 6.66. The van der Waals surface area contributed by atoms with Crippen molar-refractivity contribution in [1.82, 2.24) is 4.90 Å². The maximum Gasteiger partial charge on any atom is 0.120 e. The Hall–Kier alpha value is -0.540. The summed E-state index contributed by atoms with van der Waals surface area (Å²) in [5, 5.41) is 9.76. The highest BCUT2D eigenvalue weighted by molar-refractivity contribution is 9.10. The van der Waals surface area contributed by atoms with Gasteiger partial charge in [0, 0.05) is 16.6 Å². The van der Waals surface area contributed by atoms with Gasteiger partial charge in [0.1, 0.15) is 5.75 Å². The Labute approximate surface area is 106 Å². The molecule has 0 aliphatic rings. The Balaban J connectivity index is 2.65. The van der Waals surface area contributed by atoms with E-state index < -0.39 is 0 Å². The van der Waals surface area contributed by atoms with E-state index in [4.69, 9.17) is 0 Å². The molecule has 1 aromatic rings. The molecule has 3 heteroatoms. The third-order valence-electron chi connectivity index (χ3n) is 2.71. The minimum absolute atomic E-state index is 0.387. The lowest BCUT2D eigenvalue weighted by atomic mass is 10.2. The molecule has 1 N–H and O–H groups in total. The van der Waals surface area contributed by atoms with Crippen molar-refractivity contribution >= 4 is 15.9 Å². The molecule has 0 aliphatic heterocycles. The van der Waals surface area contributed by atoms with Crippen LogP contribution in [-0.2, 0) is 6.54 Å². The smallest absolute Gasteiger partial charge is 0.120 e. The molecule has 0 atom stereocenters. The Kier molecular flexibility index (Phi) is 5.85. The van der Waals surface area contributed by atoms with Crippen molar-refractivity contribution in [2.24, 2.45) is 0 Å². The molecule has 2 nitrogen and oxygen atoms in total. The van der Waals surface area contributed by atoms with Crippen LogP contribution in [0.3, 0.4) is 0 Å². The highest BCUT2D eigenvalue weighted by Crippen LogP contribution is 2.23. The minimum Gasteiger partial charge on any atom is -0.508 e. The summed E-state index contributed by atoms with van der Waals surface area (Å²) >= 11 is 3.43. The lowest BCUT2D eigenvalue weighted by Crippen LogP contribution is -2.23. The summed E-state index contributed by atoms with van der Waals surface area (Å²) in [6.07, 6.45) is 2.42. The van der Waals surface area contributed by atoms with Crippen molar-refractivity contribution in [3.63, 3.8) is 0 Å². The summed E-state index contributed by atoms with van der Waals surface area (Å²) in [5.41, 5.74) is 0.993. The zero-order chi connectivity index (χ0) is 12.0. The summed E-state index contributed by atoms with van der Waals surface area (Å²) in [7, 11) is 0. The van der Waals surface area contributed by atoms with Crippen molar-refractivity contribution in [2.45, 2.75) is 33.2 Å². The zero-order valence-corrected chi connectivity index (χ0v) is 11.6. The van der Waals surface area contributed by atoms with Crippen LogP contribution in [0, 0.1) is 0 Å². The fourth-order valence-corrected chi connectivity index (χ4v) is 2.06. The molecule has 1 rings (SSSR count). The molecule has 0 radical (unpaired) electrons. The number of nitrogens with zero attached hydrogens (tertiary/aromatic N) is 1. The van der Waals surface area contributed by atoms with E-state index in [1.54, 1.807) is 6.07 Å². The van der Waals surface area contributed by atoms with Crippen LogP contribution in [0.25, 0.3) is 0 Å². The SMILES string of the molecule is CCCCN(CC)Cc1cc(Br)ccc1O. The van der Waals surface area contributed by atoms with Crippen LogP contribution >= 0.6 is 15.9 Å². The quantitative estimate of drug-likeness (QED) is 0.860. The average molecular weight is 286 g/mol. The number of benzene rings is 1. The van der Waals surface area contributed by atoms with E-state index in [-0.39, 0.29) is 0 Å². The van der Waals surface area contributed by atoms with Crippen LogP contribution in [-0.4, -0.2) is 23.1 Å². The highest BCUT2D eigenvalue weighted by Gasteiger charge is 2.07. The summed E-state index contributed by atoms with van der Waals surface area (Å²) < 4.78 is 1.02. The predicted molar refractivity (Wildman–Crippen MR) is 71.7 cm³/mol. The van der Waals surface area contributed by atoms with Crippen LogP contribution < -0.4 is 0 Å². The normalized spacial score (nSPS) is 11.0. The van der Waals surface area contributed by atoms with Gasteiger partial charge in [0.15, 0.2) is 0 Å². The first kappa shape index (κ1) is 13.5. The van der Waals surface area contributed by atoms with E-state index in [9.17, 15) is 5.11 Å². The molecule has 1 aromatic carbocycles. The molecule has 0 aromatic heterocycles. The zero-order valence-electron chi connectivity index (χ0n) is 10.0. The van der Waals surface area contributed by atoms with Gasteiger partial charge < -0.3 is 5.11 Å². The predicted octanol–water partition coefficient (Wildman–Crippen LogP) is 3.78. The molecule has 0 saturated carbocycles. The molecule has 0 saturated heterocycles. The molecule has 0 bridgehead atoms. The molecular weight excluding hydrogens is 266 g/mol. The van der Waals surface area contributed by atoms with E-state index >= 15 is 0 Å². The first-order chi connectivity index (χ1) is 7.67. The molecule has 0 amide bonds. The van der Waals surface area contributed by atoms with E-state index in [1.165, 1.54) is 12.8 Å². The van der Waals surface area contributed by atoms with Gasteiger partial charge in [0.05, 0.1) is 0 Å². The third-order valence-corrected chi connectivity index (χ3v) is 3.20. The molecule has 90 valence electrons. The van der Waals surface area contributed by atoms with Gasteiger partial charge in [-0.1, -0.05) is 36.2 Å². The number of hydrogen-bond acceptors (Lipinski definition) is 2. The Morgan fingerprint density at radius 1 is 1.31 bits per heavy atom. The monoisotopic (exact) mass is 285 g/mol. The minimum atomic E-state index is 0.387. The van der Waals surface area contributed by atoms with Gasteiger partial charge in [-0.25, -0.2) is 0 Å². The molecule has 0 heterocycles. The molecule has 16 heavy (non-hydrogen) atoms. The third kappa shape index (κ3) is 4.14. The summed E-state index contributed by atoms with van der Waals surface area (Å²) in [5.74, 6) is 0.387. The number of halogens is 1. The lowest BCUT2D eigenvalue weighted by molar-refractivity contribution is 0.271. The summed E-state index contributed by atoms with van der Waals surface area (Å²) in [6, 6.07) is 5.60. The largest absolute Gasteiger partial charge is 0.508 e. The number of aromatic hydroxyl groups is 1. The van der Waals surface area contributed by atoms with Crippen LogP contribution in [0.1, 0.15) is 32.3 Å². The molecule has 0 unspecified atom stereocenters. The number of phenolic OH excluding ortho intramolecular Hbond substituents is 1. The second kappa shape index (κ2) is 6.92. The van der Waals surface area contributed by atoms with Crippen LogP contribution in [0.4, 0.5) is 0 Å². The Morgan fingerprint density at radius 3 is 2.69 bits per heavy atom. The van der Waals surface area contributed by atoms with Gasteiger partial charge in [0.25, 0.3) is 0 Å². The molecule has 0 spiro atoms. The number of hydrogen-bond donors (Lipinski definition) is 1. The summed E-state index contributed by atoms with van der Waals surface area (Å²) in [6.45, 7) is 7.29. The van der Waals surface area contributed by atoms with Crippen LogP contribution in [0.15, 0.2) is 22.7 Å². The summed E-state index contributed by atoms with van der Waals surface area (Å²) in [4.78, 5) is 2.35. The van der Waals surface area contributed by atoms with Gasteiger partial charge in [-0.05, 0) is 37.7 Å². The highest BCUT2D eigenvalue weighted by atomic mass is 79.9. The first-order valence-electron chi connectivity index (χ1n) is 5.87. The van der Waals surface area contributed by atoms with Crippen LogP contribution in [0.2, 0.25) is 0 Å². The maximum atomic E-state index is 9.76. The van der Waals surface area contributed by atoms with Crippen molar-refractivity contribution < 1.29 is 5.11 Å². The maximum absolute atomic E-state index is 9.76. The van der Waals surface area contributed by atoms with Gasteiger partial charge in [0.2, 0.25) is 0 Å². The van der Waals surface area contributed by atoms with Crippen LogP contribution in [0.5, 0.6) is 5.75 Å². The Bertz CT molecular complexity index is 328. The Morgan fingerprint density at radius 2 is 2.06 bits per heavy atom. The van der Waals surface area contributed by atoms with Gasteiger partial charge in [-0.3, -0.25) is 4.90 Å². The standard InChI is InChI=1S/C13H20BrNO/c1-3-5-8-15(4-2)10-11-9-12(14)6-7-13(11)16/h6-7,9,16H,3-5,8,10H2,1-2H3. The average Bonchev–Trinajstić information content (AvgIpc) is 2.28. The van der Waals surface area contributed by atoms with Crippen molar-refractivity contribution in [1.29, 1.82) is 0 Å². The molecule has 0 fully saturated rings. The van der Waals surface area contributed by atoms with Gasteiger partial charge in [-0.2, -0.15) is 0 Å². The fraction of sp³-hybridized carbons (Fsp3) is 0.538. The molecule has 0 aliphatic carbocycles. The van der Waals surface area contributed by atoms with Gasteiger partial charge in [-0.15, -0.1) is 0 Å². The van der Waals surface area contributed by atoms with Crippen molar-refractivity contribution in [3.8, 4) is 5.75 Å². The van der Waals surface area contributed by atoms with Gasteiger partial charge >= 0.3 is 0 Å². The number of unbranched alkanes of at least 4 members (excludes halogenated alkanes) is 1. The second-order valence-electron chi connectivity index (χ2n) is 4.00. The van der Waals surface area contributed by atoms with E-state index in [2.05, 4.69) is 34.7 Å². The van der Waals surface area contributed by atoms with Crippen molar-refractivity contribution in [3.05, 3.63) is 28.2 Å². The number of phenols is 1. The van der Waals surface area contributed by atoms with E-state index in [0.717, 1.165) is 29.7 Å². The second-order valence-corrected chi connectivity index (χ2v) is 4.91. The van der Waals surface area contributed by atoms with E-state index in [1.807, 2.05) is 12.1 Å². The lowest BCUT2D eigenvalue weighted by Gasteiger charge is -2.20.